The standard InChI is InChI=1S/C15H17N3O3.C2HF3O2/c16-15(20)18-7-10-3-11(18)6-17(10)5-9-8-21-14-4-12(19)1-2-13(9)14;3-2(4,5)1(6)7/h1-2,4,8,10-11,19H,3,5-7H2,(H2,16,20);(H,6,7)/t10-,11-;/m1./s1. The minimum Gasteiger partial charge on any atom is -0.508 e. The van der Waals surface area contributed by atoms with Crippen molar-refractivity contribution in [3.05, 3.63) is 30.0 Å². The Morgan fingerprint density at radius 3 is 2.46 bits per heavy atom. The van der Waals surface area contributed by atoms with Crippen LogP contribution in [0.25, 0.3) is 11.0 Å². The van der Waals surface area contributed by atoms with Crippen molar-refractivity contribution in [2.45, 2.75) is 31.2 Å². The van der Waals surface area contributed by atoms with E-state index >= 15 is 0 Å². The molecular weight excluding hydrogens is 383 g/mol. The summed E-state index contributed by atoms with van der Waals surface area (Å²) >= 11 is 0. The van der Waals surface area contributed by atoms with E-state index in [0.717, 1.165) is 37.0 Å². The van der Waals surface area contributed by atoms with E-state index in [0.29, 0.717) is 11.6 Å². The van der Waals surface area contributed by atoms with Gasteiger partial charge in [0.25, 0.3) is 0 Å². The summed E-state index contributed by atoms with van der Waals surface area (Å²) in [7, 11) is 0. The molecule has 0 saturated carbocycles. The Kier molecular flexibility index (Phi) is 5.11. The number of phenols is 1. The van der Waals surface area contributed by atoms with E-state index in [1.807, 2.05) is 6.07 Å². The number of aliphatic carboxylic acids is 1. The zero-order valence-corrected chi connectivity index (χ0v) is 14.5. The Morgan fingerprint density at radius 1 is 1.25 bits per heavy atom. The summed E-state index contributed by atoms with van der Waals surface area (Å²) in [5.74, 6) is -2.55. The first kappa shape index (κ1) is 19.8. The number of carbonyl (C=O) groups is 2. The van der Waals surface area contributed by atoms with Crippen molar-refractivity contribution in [1.82, 2.24) is 9.80 Å². The number of hydrogen-bond acceptors (Lipinski definition) is 5. The van der Waals surface area contributed by atoms with Crippen molar-refractivity contribution in [1.29, 1.82) is 0 Å². The Morgan fingerprint density at radius 2 is 1.93 bits per heavy atom. The summed E-state index contributed by atoms with van der Waals surface area (Å²) in [6.07, 6.45) is -2.33. The number of nitrogens with zero attached hydrogens (tertiary/aromatic N) is 2. The normalized spacial score (nSPS) is 21.6. The quantitative estimate of drug-likeness (QED) is 0.709. The summed E-state index contributed by atoms with van der Waals surface area (Å²) in [6.45, 7) is 2.38. The van der Waals surface area contributed by atoms with E-state index in [1.165, 1.54) is 0 Å². The van der Waals surface area contributed by atoms with Crippen molar-refractivity contribution in [3.8, 4) is 5.75 Å². The van der Waals surface area contributed by atoms with Gasteiger partial charge >= 0.3 is 18.2 Å². The molecule has 2 amide bonds. The highest BCUT2D eigenvalue weighted by Gasteiger charge is 2.44. The second kappa shape index (κ2) is 7.23. The molecule has 4 N–H and O–H groups in total. The highest BCUT2D eigenvalue weighted by Crippen LogP contribution is 2.33. The van der Waals surface area contributed by atoms with E-state index in [4.69, 9.17) is 20.1 Å². The van der Waals surface area contributed by atoms with Gasteiger partial charge in [-0.3, -0.25) is 4.90 Å². The first-order chi connectivity index (χ1) is 13.1. The molecule has 4 rings (SSSR count). The lowest BCUT2D eigenvalue weighted by Crippen LogP contribution is -2.50. The lowest BCUT2D eigenvalue weighted by molar-refractivity contribution is -0.192. The largest absolute Gasteiger partial charge is 0.508 e. The van der Waals surface area contributed by atoms with Crippen LogP contribution in [0.4, 0.5) is 18.0 Å². The fourth-order valence-electron chi connectivity index (χ4n) is 3.63. The number of piperazine rings is 1. The van der Waals surface area contributed by atoms with Crippen LogP contribution in [0.2, 0.25) is 0 Å². The van der Waals surface area contributed by atoms with Crippen molar-refractivity contribution in [2.75, 3.05) is 13.1 Å². The van der Waals surface area contributed by atoms with Crippen LogP contribution >= 0.6 is 0 Å². The topological polar surface area (TPSA) is 120 Å². The number of hydrogen-bond donors (Lipinski definition) is 3. The first-order valence-corrected chi connectivity index (χ1v) is 8.35. The first-order valence-electron chi connectivity index (χ1n) is 8.35. The second-order valence-corrected chi connectivity index (χ2v) is 6.71. The Labute approximate surface area is 156 Å². The second-order valence-electron chi connectivity index (χ2n) is 6.71. The number of alkyl halides is 3. The maximum absolute atomic E-state index is 11.3. The van der Waals surface area contributed by atoms with Gasteiger partial charge in [0, 0.05) is 48.7 Å². The van der Waals surface area contributed by atoms with E-state index in [9.17, 15) is 23.1 Å². The van der Waals surface area contributed by atoms with Crippen molar-refractivity contribution in [3.63, 3.8) is 0 Å². The molecule has 0 unspecified atom stereocenters. The van der Waals surface area contributed by atoms with Gasteiger partial charge in [0.05, 0.1) is 6.26 Å². The van der Waals surface area contributed by atoms with Crippen molar-refractivity contribution >= 4 is 23.0 Å². The number of halogens is 3. The van der Waals surface area contributed by atoms with Gasteiger partial charge in [-0.2, -0.15) is 13.2 Å². The summed E-state index contributed by atoms with van der Waals surface area (Å²) < 4.78 is 37.2. The van der Waals surface area contributed by atoms with Gasteiger partial charge < -0.3 is 25.3 Å². The number of nitrogens with two attached hydrogens (primary N) is 1. The van der Waals surface area contributed by atoms with Crippen molar-refractivity contribution in [2.24, 2.45) is 5.73 Å². The predicted octanol–water partition coefficient (Wildman–Crippen LogP) is 2.11. The van der Waals surface area contributed by atoms with Crippen LogP contribution in [-0.2, 0) is 11.3 Å². The molecule has 8 nitrogen and oxygen atoms in total. The molecule has 0 radical (unpaired) electrons. The molecule has 3 heterocycles. The van der Waals surface area contributed by atoms with E-state index in [2.05, 4.69) is 4.90 Å². The lowest BCUT2D eigenvalue weighted by Gasteiger charge is -2.32. The zero-order valence-electron chi connectivity index (χ0n) is 14.5. The Balaban J connectivity index is 0.000000279. The number of carboxylic acids is 1. The summed E-state index contributed by atoms with van der Waals surface area (Å²) in [4.78, 5) is 24.4. The molecule has 11 heteroatoms. The SMILES string of the molecule is NC(=O)N1C[C@H]2C[C@@H]1CN2Cc1coc2cc(O)ccc12.O=C(O)C(F)(F)F. The van der Waals surface area contributed by atoms with Crippen LogP contribution in [0.3, 0.4) is 0 Å². The average Bonchev–Trinajstić information content (AvgIpc) is 3.28. The molecule has 28 heavy (non-hydrogen) atoms. The van der Waals surface area contributed by atoms with Gasteiger partial charge in [0.1, 0.15) is 11.3 Å². The molecule has 2 aliphatic rings. The molecule has 0 spiro atoms. The van der Waals surface area contributed by atoms with Crippen LogP contribution in [0.15, 0.2) is 28.9 Å². The lowest BCUT2D eigenvalue weighted by atomic mass is 10.1. The molecule has 2 aliphatic heterocycles. The van der Waals surface area contributed by atoms with Gasteiger partial charge in [0.2, 0.25) is 0 Å². The molecule has 2 atom stereocenters. The van der Waals surface area contributed by atoms with Gasteiger partial charge in [-0.1, -0.05) is 0 Å². The summed E-state index contributed by atoms with van der Waals surface area (Å²) in [6, 6.07) is 5.49. The maximum Gasteiger partial charge on any atom is 0.490 e. The monoisotopic (exact) mass is 401 g/mol. The molecule has 1 aromatic heterocycles. The van der Waals surface area contributed by atoms with Crippen LogP contribution in [0, 0.1) is 0 Å². The number of likely N-dealkylation sites (tertiary alicyclic amines) is 2. The fraction of sp³-hybridized carbons (Fsp3) is 0.412. The molecule has 2 fully saturated rings. The number of phenolic OH excluding ortho intramolecular Hbond substituents is 1. The number of benzene rings is 1. The smallest absolute Gasteiger partial charge is 0.490 e. The Bertz CT molecular complexity index is 898. The predicted molar refractivity (Wildman–Crippen MR) is 90.5 cm³/mol. The summed E-state index contributed by atoms with van der Waals surface area (Å²) in [5.41, 5.74) is 7.20. The van der Waals surface area contributed by atoms with E-state index < -0.39 is 12.1 Å². The maximum atomic E-state index is 11.3. The zero-order chi connectivity index (χ0) is 20.6. The van der Waals surface area contributed by atoms with Crippen molar-refractivity contribution < 1.29 is 37.4 Å². The Hall–Kier alpha value is -2.95. The van der Waals surface area contributed by atoms with Crippen LogP contribution in [0.5, 0.6) is 5.75 Å². The van der Waals surface area contributed by atoms with Crippen LogP contribution < -0.4 is 5.73 Å². The number of carbonyl (C=O) groups excluding carboxylic acids is 1. The molecular formula is C17H18F3N3O5. The highest BCUT2D eigenvalue weighted by molar-refractivity contribution is 5.82. The van der Waals surface area contributed by atoms with Gasteiger partial charge in [-0.15, -0.1) is 0 Å². The molecule has 2 bridgehead atoms. The molecule has 2 aromatic rings. The summed E-state index contributed by atoms with van der Waals surface area (Å²) in [5, 5.41) is 17.6. The number of rotatable bonds is 2. The number of aromatic hydroxyl groups is 1. The number of amides is 2. The number of primary amides is 1. The average molecular weight is 401 g/mol. The molecule has 0 aliphatic carbocycles. The number of urea groups is 1. The van der Waals surface area contributed by atoms with Gasteiger partial charge in [-0.25, -0.2) is 9.59 Å². The van der Waals surface area contributed by atoms with Gasteiger partial charge in [-0.05, 0) is 18.6 Å². The third kappa shape index (κ3) is 3.98. The number of carboxylic acid groups (broad SMARTS) is 1. The molecule has 152 valence electrons. The van der Waals surface area contributed by atoms with Crippen LogP contribution in [0.1, 0.15) is 12.0 Å². The molecule has 2 saturated heterocycles. The number of fused-ring (bicyclic) bond motifs is 3. The molecule has 1 aromatic carbocycles. The third-order valence-corrected chi connectivity index (χ3v) is 4.89. The number of furan rings is 1. The van der Waals surface area contributed by atoms with Gasteiger partial charge in [0.15, 0.2) is 0 Å². The highest BCUT2D eigenvalue weighted by atomic mass is 19.4. The van der Waals surface area contributed by atoms with E-state index in [-0.39, 0.29) is 17.8 Å². The van der Waals surface area contributed by atoms with Crippen LogP contribution in [-0.4, -0.2) is 63.4 Å². The van der Waals surface area contributed by atoms with E-state index in [1.54, 1.807) is 23.3 Å². The minimum atomic E-state index is -5.08. The third-order valence-electron chi connectivity index (χ3n) is 4.89. The minimum absolute atomic E-state index is 0.209. The fourth-order valence-corrected chi connectivity index (χ4v) is 3.63.